The van der Waals surface area contributed by atoms with Crippen molar-refractivity contribution in [1.82, 2.24) is 4.90 Å². The number of phenols is 1. The molecule has 0 aliphatic heterocycles. The Hall–Kier alpha value is -1.75. The third kappa shape index (κ3) is 3.38. The molecule has 1 fully saturated rings. The van der Waals surface area contributed by atoms with E-state index in [-0.39, 0.29) is 36.2 Å². The number of carbonyl (C=O) groups is 2. The molecule has 1 amide bonds. The molecule has 102 valence electrons. The lowest BCUT2D eigenvalue weighted by atomic mass is 10.1. The third-order valence-corrected chi connectivity index (χ3v) is 3.24. The average Bonchev–Trinajstić information content (AvgIpc) is 3.13. The summed E-state index contributed by atoms with van der Waals surface area (Å²) in [5.41, 5.74) is 0.154. The third-order valence-electron chi connectivity index (χ3n) is 3.01. The number of carboxylic acid groups (broad SMARTS) is 1. The fourth-order valence-corrected chi connectivity index (χ4v) is 2.06. The summed E-state index contributed by atoms with van der Waals surface area (Å²) in [5, 5.41) is 18.8. The standard InChI is InChI=1S/C13H14ClNO4/c14-8-1-4-10(11(16)7-8)13(19)15(9-2-3-9)6-5-12(17)18/h1,4,7,9,16H,2-3,5-6H2,(H,17,18). The van der Waals surface area contributed by atoms with Gasteiger partial charge in [0.25, 0.3) is 5.91 Å². The molecule has 1 aliphatic rings. The summed E-state index contributed by atoms with van der Waals surface area (Å²) in [6.07, 6.45) is 1.65. The summed E-state index contributed by atoms with van der Waals surface area (Å²) in [5.74, 6) is -1.48. The summed E-state index contributed by atoms with van der Waals surface area (Å²) < 4.78 is 0. The van der Waals surface area contributed by atoms with Crippen molar-refractivity contribution in [2.75, 3.05) is 6.54 Å². The first-order valence-corrected chi connectivity index (χ1v) is 6.38. The molecule has 0 aromatic heterocycles. The highest BCUT2D eigenvalue weighted by atomic mass is 35.5. The summed E-state index contributed by atoms with van der Waals surface area (Å²) in [6, 6.07) is 4.37. The van der Waals surface area contributed by atoms with Crippen LogP contribution in [-0.2, 0) is 4.79 Å². The van der Waals surface area contributed by atoms with Gasteiger partial charge in [-0.15, -0.1) is 0 Å². The summed E-state index contributed by atoms with van der Waals surface area (Å²) in [4.78, 5) is 24.4. The molecule has 6 heteroatoms. The van der Waals surface area contributed by atoms with E-state index in [0.717, 1.165) is 12.8 Å². The summed E-state index contributed by atoms with van der Waals surface area (Å²) in [7, 11) is 0. The van der Waals surface area contributed by atoms with Crippen molar-refractivity contribution < 1.29 is 19.8 Å². The first-order valence-electron chi connectivity index (χ1n) is 6.00. The number of hydrogen-bond donors (Lipinski definition) is 2. The summed E-state index contributed by atoms with van der Waals surface area (Å²) in [6.45, 7) is 0.154. The molecule has 2 N–H and O–H groups in total. The van der Waals surface area contributed by atoms with Gasteiger partial charge in [0.1, 0.15) is 5.75 Å². The average molecular weight is 284 g/mol. The molecule has 0 atom stereocenters. The number of benzene rings is 1. The second kappa shape index (κ2) is 5.48. The maximum absolute atomic E-state index is 12.3. The highest BCUT2D eigenvalue weighted by Gasteiger charge is 2.34. The van der Waals surface area contributed by atoms with Gasteiger partial charge in [-0.25, -0.2) is 0 Å². The minimum atomic E-state index is -0.946. The predicted molar refractivity (Wildman–Crippen MR) is 69.4 cm³/mol. The largest absolute Gasteiger partial charge is 0.507 e. The lowest BCUT2D eigenvalue weighted by Gasteiger charge is -2.22. The Labute approximate surface area is 115 Å². The zero-order chi connectivity index (χ0) is 14.0. The Morgan fingerprint density at radius 3 is 2.58 bits per heavy atom. The van der Waals surface area contributed by atoms with Gasteiger partial charge in [0.2, 0.25) is 0 Å². The van der Waals surface area contributed by atoms with E-state index in [1.54, 1.807) is 0 Å². The number of carboxylic acids is 1. The highest BCUT2D eigenvalue weighted by Crippen LogP contribution is 2.31. The SMILES string of the molecule is O=C(O)CCN(C(=O)c1ccc(Cl)cc1O)C1CC1. The van der Waals surface area contributed by atoms with Gasteiger partial charge in [0, 0.05) is 17.6 Å². The van der Waals surface area contributed by atoms with E-state index in [0.29, 0.717) is 5.02 Å². The second-order valence-electron chi connectivity index (χ2n) is 4.53. The molecule has 1 aliphatic carbocycles. The summed E-state index contributed by atoms with van der Waals surface area (Å²) >= 11 is 5.72. The van der Waals surface area contributed by atoms with Crippen molar-refractivity contribution in [3.05, 3.63) is 28.8 Å². The number of carbonyl (C=O) groups excluding carboxylic acids is 1. The Morgan fingerprint density at radius 1 is 1.37 bits per heavy atom. The molecule has 1 aromatic rings. The van der Waals surface area contributed by atoms with Crippen LogP contribution in [0, 0.1) is 0 Å². The molecular weight excluding hydrogens is 270 g/mol. The number of aliphatic carboxylic acids is 1. The van der Waals surface area contributed by atoms with Gasteiger partial charge >= 0.3 is 5.97 Å². The molecule has 5 nitrogen and oxygen atoms in total. The van der Waals surface area contributed by atoms with Gasteiger partial charge < -0.3 is 15.1 Å². The zero-order valence-corrected chi connectivity index (χ0v) is 10.9. The highest BCUT2D eigenvalue weighted by molar-refractivity contribution is 6.30. The van der Waals surface area contributed by atoms with Crippen molar-refractivity contribution in [3.8, 4) is 5.75 Å². The van der Waals surface area contributed by atoms with Gasteiger partial charge in [-0.2, -0.15) is 0 Å². The minimum absolute atomic E-state index is 0.0851. The molecule has 0 unspecified atom stereocenters. The van der Waals surface area contributed by atoms with Crippen LogP contribution < -0.4 is 0 Å². The van der Waals surface area contributed by atoms with Gasteiger partial charge in [-0.1, -0.05) is 11.6 Å². The van der Waals surface area contributed by atoms with Gasteiger partial charge in [-0.3, -0.25) is 9.59 Å². The monoisotopic (exact) mass is 283 g/mol. The lowest BCUT2D eigenvalue weighted by molar-refractivity contribution is -0.137. The molecule has 1 aromatic carbocycles. The number of halogens is 1. The van der Waals surface area contributed by atoms with Crippen molar-refractivity contribution in [3.63, 3.8) is 0 Å². The molecular formula is C13H14ClNO4. The van der Waals surface area contributed by atoms with Gasteiger partial charge in [-0.05, 0) is 31.0 Å². The fourth-order valence-electron chi connectivity index (χ4n) is 1.89. The number of aromatic hydroxyl groups is 1. The van der Waals surface area contributed by atoms with E-state index < -0.39 is 5.97 Å². The topological polar surface area (TPSA) is 77.8 Å². The Morgan fingerprint density at radius 2 is 2.05 bits per heavy atom. The van der Waals surface area contributed by atoms with Crippen LogP contribution in [-0.4, -0.2) is 39.6 Å². The molecule has 0 heterocycles. The first-order chi connectivity index (χ1) is 8.99. The van der Waals surface area contributed by atoms with E-state index in [1.807, 2.05) is 0 Å². The zero-order valence-electron chi connectivity index (χ0n) is 10.2. The molecule has 0 spiro atoms. The number of nitrogens with zero attached hydrogens (tertiary/aromatic N) is 1. The van der Waals surface area contributed by atoms with Crippen LogP contribution in [0.4, 0.5) is 0 Å². The number of hydrogen-bond acceptors (Lipinski definition) is 3. The molecule has 0 saturated heterocycles. The van der Waals surface area contributed by atoms with Gasteiger partial charge in [0.15, 0.2) is 0 Å². The maximum Gasteiger partial charge on any atom is 0.305 e. The number of phenolic OH excluding ortho intramolecular Hbond substituents is 1. The number of amides is 1. The molecule has 19 heavy (non-hydrogen) atoms. The van der Waals surface area contributed by atoms with Crippen molar-refractivity contribution in [2.24, 2.45) is 0 Å². The van der Waals surface area contributed by atoms with E-state index >= 15 is 0 Å². The van der Waals surface area contributed by atoms with E-state index in [1.165, 1.54) is 23.1 Å². The van der Waals surface area contributed by atoms with Crippen LogP contribution in [0.2, 0.25) is 5.02 Å². The van der Waals surface area contributed by atoms with Crippen LogP contribution >= 0.6 is 11.6 Å². The van der Waals surface area contributed by atoms with E-state index in [2.05, 4.69) is 0 Å². The van der Waals surface area contributed by atoms with Gasteiger partial charge in [0.05, 0.1) is 12.0 Å². The van der Waals surface area contributed by atoms with E-state index in [9.17, 15) is 14.7 Å². The fraction of sp³-hybridized carbons (Fsp3) is 0.385. The quantitative estimate of drug-likeness (QED) is 0.868. The van der Waals surface area contributed by atoms with E-state index in [4.69, 9.17) is 16.7 Å². The van der Waals surface area contributed by atoms with Crippen molar-refractivity contribution in [2.45, 2.75) is 25.3 Å². The Bertz CT molecular complexity index is 513. The van der Waals surface area contributed by atoms with Crippen LogP contribution in [0.5, 0.6) is 5.75 Å². The molecule has 0 radical (unpaired) electrons. The molecule has 2 rings (SSSR count). The smallest absolute Gasteiger partial charge is 0.305 e. The second-order valence-corrected chi connectivity index (χ2v) is 4.97. The van der Waals surface area contributed by atoms with Crippen molar-refractivity contribution in [1.29, 1.82) is 0 Å². The van der Waals surface area contributed by atoms with Crippen LogP contribution in [0.15, 0.2) is 18.2 Å². The molecule has 0 bridgehead atoms. The Kier molecular flexibility index (Phi) is 3.95. The Balaban J connectivity index is 2.16. The normalized spacial score (nSPS) is 14.2. The maximum atomic E-state index is 12.3. The lowest BCUT2D eigenvalue weighted by Crippen LogP contribution is -2.35. The predicted octanol–water partition coefficient (Wildman–Crippen LogP) is 2.12. The van der Waals surface area contributed by atoms with Crippen molar-refractivity contribution >= 4 is 23.5 Å². The first kappa shape index (κ1) is 13.7. The van der Waals surface area contributed by atoms with Crippen LogP contribution in [0.25, 0.3) is 0 Å². The number of rotatable bonds is 5. The van der Waals surface area contributed by atoms with Crippen LogP contribution in [0.1, 0.15) is 29.6 Å². The minimum Gasteiger partial charge on any atom is -0.507 e. The van der Waals surface area contributed by atoms with Crippen LogP contribution in [0.3, 0.4) is 0 Å². The molecule has 1 saturated carbocycles.